The van der Waals surface area contributed by atoms with Crippen LogP contribution >= 0.6 is 0 Å². The molecule has 2 aromatic rings. The number of amides is 3. The summed E-state index contributed by atoms with van der Waals surface area (Å²) >= 11 is 0. The zero-order valence-electron chi connectivity index (χ0n) is 23.5. The van der Waals surface area contributed by atoms with E-state index in [0.29, 0.717) is 18.5 Å². The number of carbonyl (C=O) groups is 4. The summed E-state index contributed by atoms with van der Waals surface area (Å²) in [5.74, 6) is -1.81. The number of benzene rings is 1. The molecule has 3 bridgehead atoms. The van der Waals surface area contributed by atoms with E-state index in [1.807, 2.05) is 24.3 Å². The van der Waals surface area contributed by atoms with Crippen molar-refractivity contribution < 1.29 is 23.9 Å². The maximum absolute atomic E-state index is 13.2. The van der Waals surface area contributed by atoms with Crippen molar-refractivity contribution in [3.8, 4) is 0 Å². The molecule has 2 heterocycles. The summed E-state index contributed by atoms with van der Waals surface area (Å²) in [6, 6.07) is 4.98. The predicted molar refractivity (Wildman–Crippen MR) is 152 cm³/mol. The van der Waals surface area contributed by atoms with Gasteiger partial charge in [0.15, 0.2) is 0 Å². The van der Waals surface area contributed by atoms with E-state index < -0.39 is 47.4 Å². The van der Waals surface area contributed by atoms with Crippen molar-refractivity contribution in [3.05, 3.63) is 47.8 Å². The number of esters is 1. The first kappa shape index (κ1) is 30.7. The molecule has 0 spiro atoms. The van der Waals surface area contributed by atoms with Crippen LogP contribution in [0.5, 0.6) is 0 Å². The average molecular weight is 553 g/mol. The van der Waals surface area contributed by atoms with E-state index in [-0.39, 0.29) is 25.4 Å². The first-order chi connectivity index (χ1) is 18.9. The number of aromatic nitrogens is 1. The molecule has 0 saturated heterocycles. The highest BCUT2D eigenvalue weighted by Crippen LogP contribution is 2.25. The van der Waals surface area contributed by atoms with E-state index in [2.05, 4.69) is 20.9 Å². The van der Waals surface area contributed by atoms with Crippen LogP contribution in [0.2, 0.25) is 0 Å². The Labute approximate surface area is 234 Å². The number of pyridine rings is 1. The van der Waals surface area contributed by atoms with E-state index >= 15 is 0 Å². The Morgan fingerprint density at radius 3 is 2.52 bits per heavy atom. The number of nitrogens with one attached hydrogen (secondary N) is 3. The van der Waals surface area contributed by atoms with Gasteiger partial charge in [0, 0.05) is 18.1 Å². The molecular weight excluding hydrogens is 512 g/mol. The van der Waals surface area contributed by atoms with Crippen molar-refractivity contribution in [2.45, 2.75) is 71.2 Å². The lowest BCUT2D eigenvalue weighted by Crippen LogP contribution is -2.54. The average Bonchev–Trinajstić information content (AvgIpc) is 2.92. The van der Waals surface area contributed by atoms with Crippen LogP contribution in [0, 0.1) is 5.41 Å². The number of cyclic esters (lactones) is 1. The molecule has 11 heteroatoms. The molecule has 1 aromatic heterocycles. The molecule has 0 saturated carbocycles. The molecule has 0 fully saturated rings. The first-order valence-electron chi connectivity index (χ1n) is 13.6. The summed E-state index contributed by atoms with van der Waals surface area (Å²) in [7, 11) is 0. The number of ether oxygens (including phenoxy) is 1. The molecule has 1 aromatic carbocycles. The second-order valence-corrected chi connectivity index (χ2v) is 10.7. The van der Waals surface area contributed by atoms with E-state index in [4.69, 9.17) is 16.2 Å². The van der Waals surface area contributed by atoms with E-state index in [1.54, 1.807) is 46.0 Å². The van der Waals surface area contributed by atoms with Crippen molar-refractivity contribution >= 4 is 40.5 Å². The minimum Gasteiger partial charge on any atom is -0.457 e. The zero-order valence-corrected chi connectivity index (χ0v) is 23.5. The Balaban J connectivity index is 1.92. The Morgan fingerprint density at radius 2 is 1.80 bits per heavy atom. The van der Waals surface area contributed by atoms with Crippen LogP contribution in [-0.2, 0) is 23.9 Å². The SMILES string of the molecule is CC1NC(=O)C(CCN)NC(=O)C(C)(C)/C=C/c2cc3cc(ccc3cn2)[C@@H](C)OC(=O)C(N)CCCNC1=O. The Hall–Kier alpha value is -3.83. The molecule has 0 aliphatic carbocycles. The van der Waals surface area contributed by atoms with Gasteiger partial charge in [-0.2, -0.15) is 0 Å². The summed E-state index contributed by atoms with van der Waals surface area (Å²) in [5.41, 5.74) is 12.2. The Bertz CT molecular complexity index is 1280. The van der Waals surface area contributed by atoms with E-state index in [9.17, 15) is 19.2 Å². The fourth-order valence-electron chi connectivity index (χ4n) is 4.18. The Kier molecular flexibility index (Phi) is 10.4. The highest BCUT2D eigenvalue weighted by Gasteiger charge is 2.30. The number of hydrogen-bond acceptors (Lipinski definition) is 8. The lowest BCUT2D eigenvalue weighted by Gasteiger charge is -2.25. The Morgan fingerprint density at radius 1 is 1.05 bits per heavy atom. The molecule has 1 aliphatic rings. The fraction of sp³-hybridized carbons (Fsp3) is 0.483. The first-order valence-corrected chi connectivity index (χ1v) is 13.6. The lowest BCUT2D eigenvalue weighted by atomic mass is 9.90. The molecule has 40 heavy (non-hydrogen) atoms. The summed E-state index contributed by atoms with van der Waals surface area (Å²) in [4.78, 5) is 55.7. The van der Waals surface area contributed by atoms with Crippen LogP contribution in [0.25, 0.3) is 16.8 Å². The topological polar surface area (TPSA) is 179 Å². The monoisotopic (exact) mass is 552 g/mol. The van der Waals surface area contributed by atoms with Gasteiger partial charge in [-0.15, -0.1) is 0 Å². The van der Waals surface area contributed by atoms with Gasteiger partial charge in [-0.25, -0.2) is 0 Å². The van der Waals surface area contributed by atoms with Crippen molar-refractivity contribution in [2.75, 3.05) is 13.1 Å². The van der Waals surface area contributed by atoms with Crippen molar-refractivity contribution in [2.24, 2.45) is 16.9 Å². The number of carbonyl (C=O) groups excluding carboxylic acids is 4. The predicted octanol–water partition coefficient (Wildman–Crippen LogP) is 1.45. The summed E-state index contributed by atoms with van der Waals surface area (Å²) in [5, 5.41) is 9.94. The van der Waals surface area contributed by atoms with Crippen LogP contribution in [-0.4, -0.2) is 59.9 Å². The van der Waals surface area contributed by atoms with Gasteiger partial charge >= 0.3 is 5.97 Å². The molecule has 3 rings (SSSR count). The fourth-order valence-corrected chi connectivity index (χ4v) is 4.18. The van der Waals surface area contributed by atoms with Gasteiger partial charge in [0.1, 0.15) is 24.2 Å². The molecule has 216 valence electrons. The standard InChI is InChI=1S/C29H40N6O5/c1-17-25(36)32-13-5-6-23(31)27(38)40-18(2)19-7-8-20-16-33-22(15-21(20)14-19)9-11-29(3,4)28(39)35-24(10-12-30)26(37)34-17/h7-9,11,14-18,23-24H,5-6,10,12-13,30-31H2,1-4H3,(H,32,36)(H,34,37)(H,35,39)/b11-9+/t17?,18-,23?,24?/m1/s1. The maximum atomic E-state index is 13.2. The molecule has 3 unspecified atom stereocenters. The van der Waals surface area contributed by atoms with E-state index in [0.717, 1.165) is 16.3 Å². The third kappa shape index (κ3) is 8.09. The quantitative estimate of drug-likeness (QED) is 0.347. The smallest absolute Gasteiger partial charge is 0.323 e. The van der Waals surface area contributed by atoms with Gasteiger partial charge < -0.3 is 32.2 Å². The highest BCUT2D eigenvalue weighted by molar-refractivity contribution is 5.93. The molecular formula is C29H40N6O5. The lowest BCUT2D eigenvalue weighted by molar-refractivity contribution is -0.150. The number of fused-ring (bicyclic) bond motifs is 2. The molecule has 0 radical (unpaired) electrons. The number of rotatable bonds is 2. The second kappa shape index (κ2) is 13.5. The minimum absolute atomic E-state index is 0.166. The van der Waals surface area contributed by atoms with Gasteiger partial charge in [-0.05, 0) is 82.7 Å². The number of nitrogens with two attached hydrogens (primary N) is 2. The number of hydrogen-bond donors (Lipinski definition) is 5. The van der Waals surface area contributed by atoms with Gasteiger partial charge in [-0.1, -0.05) is 18.2 Å². The third-order valence-electron chi connectivity index (χ3n) is 6.91. The second-order valence-electron chi connectivity index (χ2n) is 10.7. The summed E-state index contributed by atoms with van der Waals surface area (Å²) in [6.07, 6.45) is 5.63. The van der Waals surface area contributed by atoms with Crippen LogP contribution in [0.4, 0.5) is 0 Å². The van der Waals surface area contributed by atoms with Crippen molar-refractivity contribution in [1.82, 2.24) is 20.9 Å². The normalized spacial score (nSPS) is 26.1. The van der Waals surface area contributed by atoms with Gasteiger partial charge in [0.25, 0.3) is 0 Å². The van der Waals surface area contributed by atoms with Gasteiger partial charge in [0.2, 0.25) is 17.7 Å². The van der Waals surface area contributed by atoms with Crippen molar-refractivity contribution in [3.63, 3.8) is 0 Å². The van der Waals surface area contributed by atoms with Crippen LogP contribution in [0.3, 0.4) is 0 Å². The molecule has 3 amide bonds. The largest absolute Gasteiger partial charge is 0.457 e. The summed E-state index contributed by atoms with van der Waals surface area (Å²) < 4.78 is 5.61. The molecule has 11 nitrogen and oxygen atoms in total. The van der Waals surface area contributed by atoms with Crippen LogP contribution in [0.15, 0.2) is 36.5 Å². The molecule has 4 atom stereocenters. The van der Waals surface area contributed by atoms with Crippen LogP contribution in [0.1, 0.15) is 64.3 Å². The maximum Gasteiger partial charge on any atom is 0.323 e. The highest BCUT2D eigenvalue weighted by atomic mass is 16.5. The molecule has 7 N–H and O–H groups in total. The minimum atomic E-state index is -0.981. The van der Waals surface area contributed by atoms with Gasteiger partial charge in [0.05, 0.1) is 11.1 Å². The molecule has 1 aliphatic heterocycles. The van der Waals surface area contributed by atoms with Crippen molar-refractivity contribution in [1.29, 1.82) is 0 Å². The third-order valence-corrected chi connectivity index (χ3v) is 6.91. The number of nitrogens with zero attached hydrogens (tertiary/aromatic N) is 1. The zero-order chi connectivity index (χ0) is 29.4. The van der Waals surface area contributed by atoms with E-state index in [1.165, 1.54) is 0 Å². The van der Waals surface area contributed by atoms with Crippen LogP contribution < -0.4 is 27.4 Å². The summed E-state index contributed by atoms with van der Waals surface area (Å²) in [6.45, 7) is 7.22. The van der Waals surface area contributed by atoms with Gasteiger partial charge in [-0.3, -0.25) is 24.2 Å².